The topological polar surface area (TPSA) is 87.2 Å². The number of carboxylic acid groups (broad SMARTS) is 1. The summed E-state index contributed by atoms with van der Waals surface area (Å²) in [5, 5.41) is 8.57. The Morgan fingerprint density at radius 3 is 2.27 bits per heavy atom. The molecule has 2 N–H and O–H groups in total. The second-order valence-electron chi connectivity index (χ2n) is 5.09. The quantitative estimate of drug-likeness (QED) is 0.768. The highest BCUT2D eigenvalue weighted by molar-refractivity contribution is 5.96. The summed E-state index contributed by atoms with van der Waals surface area (Å²) in [6, 6.07) is 10.6. The molecule has 0 aliphatic rings. The van der Waals surface area contributed by atoms with Gasteiger partial charge in [0.1, 0.15) is 0 Å². The van der Waals surface area contributed by atoms with Crippen LogP contribution in [0.2, 0.25) is 0 Å². The van der Waals surface area contributed by atoms with E-state index in [9.17, 15) is 14.4 Å². The van der Waals surface area contributed by atoms with Crippen molar-refractivity contribution in [1.82, 2.24) is 4.98 Å². The summed E-state index contributed by atoms with van der Waals surface area (Å²) >= 11 is 0. The Hall–Kier alpha value is -2.69. The fourth-order valence-corrected chi connectivity index (χ4v) is 2.15. The van der Waals surface area contributed by atoms with Gasteiger partial charge in [0.25, 0.3) is 0 Å². The van der Waals surface area contributed by atoms with Crippen molar-refractivity contribution < 1.29 is 19.5 Å². The summed E-state index contributed by atoms with van der Waals surface area (Å²) in [5.74, 6) is -0.995. The van der Waals surface area contributed by atoms with Crippen LogP contribution in [0.1, 0.15) is 47.0 Å². The molecule has 0 radical (unpaired) electrons. The van der Waals surface area contributed by atoms with Crippen LogP contribution in [0.5, 0.6) is 0 Å². The van der Waals surface area contributed by atoms with Crippen molar-refractivity contribution in [2.24, 2.45) is 0 Å². The molecule has 0 amide bonds. The number of carbonyl (C=O) groups excluding carboxylic acids is 2. The van der Waals surface area contributed by atoms with Crippen molar-refractivity contribution >= 4 is 17.5 Å². The Morgan fingerprint density at radius 1 is 1.00 bits per heavy atom. The Morgan fingerprint density at radius 2 is 1.68 bits per heavy atom. The summed E-state index contributed by atoms with van der Waals surface area (Å²) in [5.41, 5.74) is 2.78. The van der Waals surface area contributed by atoms with E-state index in [0.717, 1.165) is 11.3 Å². The Labute approximate surface area is 128 Å². The molecular weight excluding hydrogens is 282 g/mol. The highest BCUT2D eigenvalue weighted by Crippen LogP contribution is 2.20. The lowest BCUT2D eigenvalue weighted by Gasteiger charge is -2.01. The normalized spacial score (nSPS) is 10.4. The molecule has 0 saturated carbocycles. The molecule has 114 valence electrons. The maximum absolute atomic E-state index is 11.9. The molecule has 0 unspecified atom stereocenters. The number of aliphatic carboxylic acids is 1. The van der Waals surface area contributed by atoms with E-state index in [1.807, 2.05) is 12.1 Å². The smallest absolute Gasteiger partial charge is 0.303 e. The number of carbonyl (C=O) groups is 3. The largest absolute Gasteiger partial charge is 0.481 e. The van der Waals surface area contributed by atoms with Gasteiger partial charge in [-0.25, -0.2) is 0 Å². The number of rotatable bonds is 7. The number of hydrogen-bond acceptors (Lipinski definition) is 3. The number of ketones is 2. The van der Waals surface area contributed by atoms with Crippen molar-refractivity contribution in [3.63, 3.8) is 0 Å². The molecule has 0 spiro atoms. The summed E-state index contributed by atoms with van der Waals surface area (Å²) < 4.78 is 0. The van der Waals surface area contributed by atoms with E-state index in [2.05, 4.69) is 4.98 Å². The predicted octanol–water partition coefficient (Wildman–Crippen LogP) is 3.32. The van der Waals surface area contributed by atoms with E-state index in [1.54, 1.807) is 24.3 Å². The van der Waals surface area contributed by atoms with Gasteiger partial charge in [0.2, 0.25) is 0 Å². The molecule has 5 nitrogen and oxygen atoms in total. The molecule has 0 bridgehead atoms. The Balaban J connectivity index is 2.05. The minimum Gasteiger partial charge on any atom is -0.481 e. The maximum atomic E-state index is 11.9. The number of carboxylic acids is 1. The first-order chi connectivity index (χ1) is 10.5. The molecular formula is C17H17NO4. The zero-order valence-corrected chi connectivity index (χ0v) is 12.3. The lowest BCUT2D eigenvalue weighted by atomic mass is 10.1. The fourth-order valence-electron chi connectivity index (χ4n) is 2.15. The number of hydrogen-bond donors (Lipinski definition) is 2. The van der Waals surface area contributed by atoms with Gasteiger partial charge in [-0.15, -0.1) is 0 Å². The number of nitrogens with one attached hydrogen (secondary N) is 1. The van der Waals surface area contributed by atoms with E-state index in [1.165, 1.54) is 6.92 Å². The predicted molar refractivity (Wildman–Crippen MR) is 82.1 cm³/mol. The van der Waals surface area contributed by atoms with Crippen LogP contribution in [-0.2, 0) is 4.79 Å². The van der Waals surface area contributed by atoms with Crippen LogP contribution in [-0.4, -0.2) is 27.6 Å². The van der Waals surface area contributed by atoms with Crippen molar-refractivity contribution in [2.75, 3.05) is 0 Å². The van der Waals surface area contributed by atoms with E-state index in [4.69, 9.17) is 5.11 Å². The standard InChI is InChI=1S/C17H17NO4/c1-11(19)12-5-7-13(8-6-12)14-9-10-15(18-14)16(20)3-2-4-17(21)22/h5-10,18H,2-4H2,1H3,(H,21,22). The summed E-state index contributed by atoms with van der Waals surface area (Å²) in [6.07, 6.45) is 0.525. The van der Waals surface area contributed by atoms with Gasteiger partial charge in [0, 0.05) is 24.1 Å². The van der Waals surface area contributed by atoms with Gasteiger partial charge in [-0.3, -0.25) is 14.4 Å². The van der Waals surface area contributed by atoms with Crippen LogP contribution in [0.25, 0.3) is 11.3 Å². The van der Waals surface area contributed by atoms with E-state index in [0.29, 0.717) is 17.7 Å². The maximum Gasteiger partial charge on any atom is 0.303 e. The van der Waals surface area contributed by atoms with Gasteiger partial charge < -0.3 is 10.1 Å². The second-order valence-corrected chi connectivity index (χ2v) is 5.09. The van der Waals surface area contributed by atoms with Crippen molar-refractivity contribution in [3.8, 4) is 11.3 Å². The minimum atomic E-state index is -0.898. The first-order valence-electron chi connectivity index (χ1n) is 7.03. The number of Topliss-reactive ketones (excluding diaryl/α,β-unsaturated/α-hetero) is 2. The third-order valence-corrected chi connectivity index (χ3v) is 3.38. The van der Waals surface area contributed by atoms with Gasteiger partial charge in [-0.1, -0.05) is 24.3 Å². The van der Waals surface area contributed by atoms with Crippen LogP contribution in [0.15, 0.2) is 36.4 Å². The molecule has 1 aromatic heterocycles. The molecule has 0 aliphatic heterocycles. The molecule has 2 rings (SSSR count). The monoisotopic (exact) mass is 299 g/mol. The Kier molecular flexibility index (Phi) is 4.88. The van der Waals surface area contributed by atoms with E-state index in [-0.39, 0.29) is 24.4 Å². The second kappa shape index (κ2) is 6.85. The first kappa shape index (κ1) is 15.7. The molecule has 0 atom stereocenters. The van der Waals surface area contributed by atoms with Crippen LogP contribution in [0.4, 0.5) is 0 Å². The molecule has 5 heteroatoms. The SMILES string of the molecule is CC(=O)c1ccc(-c2ccc(C(=O)CCCC(=O)O)[nH]2)cc1. The molecule has 22 heavy (non-hydrogen) atoms. The number of aromatic nitrogens is 1. The average Bonchev–Trinajstić information content (AvgIpc) is 2.96. The van der Waals surface area contributed by atoms with Crippen LogP contribution >= 0.6 is 0 Å². The molecule has 0 fully saturated rings. The van der Waals surface area contributed by atoms with Crippen molar-refractivity contribution in [1.29, 1.82) is 0 Å². The van der Waals surface area contributed by atoms with Gasteiger partial charge in [0.15, 0.2) is 11.6 Å². The molecule has 0 aliphatic carbocycles. The third kappa shape index (κ3) is 3.91. The summed E-state index contributed by atoms with van der Waals surface area (Å²) in [6.45, 7) is 1.51. The zero-order chi connectivity index (χ0) is 16.1. The van der Waals surface area contributed by atoms with Crippen LogP contribution < -0.4 is 0 Å². The lowest BCUT2D eigenvalue weighted by molar-refractivity contribution is -0.137. The van der Waals surface area contributed by atoms with Crippen LogP contribution in [0.3, 0.4) is 0 Å². The summed E-state index contributed by atoms with van der Waals surface area (Å²) in [4.78, 5) is 36.7. The van der Waals surface area contributed by atoms with Crippen LogP contribution in [0, 0.1) is 0 Å². The zero-order valence-electron chi connectivity index (χ0n) is 12.3. The third-order valence-electron chi connectivity index (χ3n) is 3.38. The molecule has 1 aromatic carbocycles. The molecule has 0 saturated heterocycles. The first-order valence-corrected chi connectivity index (χ1v) is 7.03. The van der Waals surface area contributed by atoms with Crippen molar-refractivity contribution in [3.05, 3.63) is 47.7 Å². The number of aromatic amines is 1. The van der Waals surface area contributed by atoms with Gasteiger partial charge in [0.05, 0.1) is 5.69 Å². The average molecular weight is 299 g/mol. The van der Waals surface area contributed by atoms with Gasteiger partial charge in [-0.05, 0) is 31.0 Å². The number of benzene rings is 1. The highest BCUT2D eigenvalue weighted by atomic mass is 16.4. The Bertz CT molecular complexity index is 698. The molecule has 2 aromatic rings. The highest BCUT2D eigenvalue weighted by Gasteiger charge is 2.10. The summed E-state index contributed by atoms with van der Waals surface area (Å²) in [7, 11) is 0. The lowest BCUT2D eigenvalue weighted by Crippen LogP contribution is -2.02. The van der Waals surface area contributed by atoms with E-state index < -0.39 is 5.97 Å². The fraction of sp³-hybridized carbons (Fsp3) is 0.235. The van der Waals surface area contributed by atoms with Gasteiger partial charge in [-0.2, -0.15) is 0 Å². The molecule has 1 heterocycles. The minimum absolute atomic E-state index is 0.00679. The number of H-pyrrole nitrogens is 1. The van der Waals surface area contributed by atoms with Crippen molar-refractivity contribution in [2.45, 2.75) is 26.2 Å². The van der Waals surface area contributed by atoms with Gasteiger partial charge >= 0.3 is 5.97 Å². The van der Waals surface area contributed by atoms with E-state index >= 15 is 0 Å².